The minimum absolute atomic E-state index is 0.288. The number of rotatable bonds is 5. The van der Waals surface area contributed by atoms with Crippen LogP contribution in [0.1, 0.15) is 49.1 Å². The van der Waals surface area contributed by atoms with Gasteiger partial charge >= 0.3 is 0 Å². The van der Waals surface area contributed by atoms with E-state index in [-0.39, 0.29) is 5.92 Å². The highest BCUT2D eigenvalue weighted by Gasteiger charge is 2.24. The van der Waals surface area contributed by atoms with Crippen LogP contribution in [0.3, 0.4) is 0 Å². The molecular weight excluding hydrogens is 438 g/mol. The summed E-state index contributed by atoms with van der Waals surface area (Å²) >= 11 is 0. The molecule has 0 unspecified atom stereocenters. The van der Waals surface area contributed by atoms with E-state index in [0.717, 1.165) is 75.1 Å². The Bertz CT molecular complexity index is 1390. The summed E-state index contributed by atoms with van der Waals surface area (Å²) in [6.45, 7) is 13.3. The maximum atomic E-state index is 6.24. The normalized spacial score (nSPS) is 13.6. The van der Waals surface area contributed by atoms with Gasteiger partial charge in [0.05, 0.1) is 17.6 Å². The van der Waals surface area contributed by atoms with Gasteiger partial charge in [0.2, 0.25) is 11.9 Å². The summed E-state index contributed by atoms with van der Waals surface area (Å²) in [7, 11) is 0. The average Bonchev–Trinajstić information content (AvgIpc) is 3.07. The Morgan fingerprint density at radius 2 is 1.94 bits per heavy atom. The van der Waals surface area contributed by atoms with Gasteiger partial charge in [-0.2, -0.15) is 4.98 Å². The van der Waals surface area contributed by atoms with Gasteiger partial charge in [0.1, 0.15) is 18.2 Å². The van der Waals surface area contributed by atoms with E-state index < -0.39 is 0 Å². The predicted molar refractivity (Wildman–Crippen MR) is 142 cm³/mol. The first kappa shape index (κ1) is 23.0. The molecule has 2 aromatic heterocycles. The Hall–Kier alpha value is -3.81. The van der Waals surface area contributed by atoms with Crippen molar-refractivity contribution in [2.45, 2.75) is 47.1 Å². The van der Waals surface area contributed by atoms with Crippen LogP contribution in [0.15, 0.2) is 30.3 Å². The highest BCUT2D eigenvalue weighted by Crippen LogP contribution is 2.36. The first-order valence-corrected chi connectivity index (χ1v) is 12.2. The Morgan fingerprint density at radius 3 is 2.71 bits per heavy atom. The van der Waals surface area contributed by atoms with Crippen LogP contribution >= 0.6 is 0 Å². The van der Waals surface area contributed by atoms with Crippen molar-refractivity contribution in [3.8, 4) is 16.9 Å². The number of aromatic nitrogens is 4. The second-order valence-electron chi connectivity index (χ2n) is 9.46. The molecule has 8 nitrogen and oxygen atoms in total. The van der Waals surface area contributed by atoms with Crippen LogP contribution in [-0.2, 0) is 6.54 Å². The monoisotopic (exact) mass is 471 g/mol. The van der Waals surface area contributed by atoms with Crippen molar-refractivity contribution in [2.24, 2.45) is 0 Å². The summed E-state index contributed by atoms with van der Waals surface area (Å²) in [5, 5.41) is 3.25. The van der Waals surface area contributed by atoms with E-state index in [9.17, 15) is 0 Å². The van der Waals surface area contributed by atoms with Gasteiger partial charge in [-0.05, 0) is 67.6 Å². The number of nitrogens with two attached hydrogens (primary N) is 1. The van der Waals surface area contributed by atoms with Gasteiger partial charge in [0.15, 0.2) is 0 Å². The largest absolute Gasteiger partial charge is 0.491 e. The van der Waals surface area contributed by atoms with Gasteiger partial charge in [0.25, 0.3) is 0 Å². The summed E-state index contributed by atoms with van der Waals surface area (Å²) in [6.07, 6.45) is 0. The van der Waals surface area contributed by atoms with Gasteiger partial charge in [-0.1, -0.05) is 19.9 Å². The summed E-state index contributed by atoms with van der Waals surface area (Å²) in [6, 6.07) is 10.8. The third kappa shape index (κ3) is 4.36. The molecule has 1 aliphatic heterocycles. The van der Waals surface area contributed by atoms with E-state index >= 15 is 0 Å². The standard InChI is InChI=1S/C27H33N7O/c1-6-29-27-31-21-8-7-18(13-22(21)32-27)19-11-16(4)24-20(12-19)14-34(9-10-35-24)25-23(15(2)3)17(5)30-26(28)33-25/h7-8,11-13,15H,6,9-10,14H2,1-5H3,(H2,28,30,33)(H2,29,31,32). The van der Waals surface area contributed by atoms with Crippen LogP contribution in [0.4, 0.5) is 17.7 Å². The molecule has 0 saturated heterocycles. The molecule has 0 fully saturated rings. The molecule has 0 atom stereocenters. The summed E-state index contributed by atoms with van der Waals surface area (Å²) < 4.78 is 6.24. The molecule has 2 aromatic carbocycles. The molecule has 0 radical (unpaired) electrons. The zero-order chi connectivity index (χ0) is 24.7. The van der Waals surface area contributed by atoms with Crippen LogP contribution in [0, 0.1) is 13.8 Å². The Morgan fingerprint density at radius 1 is 1.11 bits per heavy atom. The van der Waals surface area contributed by atoms with E-state index in [1.54, 1.807) is 0 Å². The number of fused-ring (bicyclic) bond motifs is 2. The van der Waals surface area contributed by atoms with Crippen LogP contribution in [-0.4, -0.2) is 39.6 Å². The number of H-pyrrole nitrogens is 1. The Labute approximate surface area is 206 Å². The van der Waals surface area contributed by atoms with Crippen LogP contribution < -0.4 is 20.7 Å². The van der Waals surface area contributed by atoms with Gasteiger partial charge in [0, 0.05) is 29.9 Å². The molecule has 0 spiro atoms. The first-order valence-electron chi connectivity index (χ1n) is 12.2. The van der Waals surface area contributed by atoms with Crippen molar-refractivity contribution in [3.05, 3.63) is 52.7 Å². The minimum atomic E-state index is 0.288. The Balaban J connectivity index is 1.55. The fourth-order valence-corrected chi connectivity index (χ4v) is 5.01. The fourth-order valence-electron chi connectivity index (χ4n) is 5.01. The average molecular weight is 472 g/mol. The third-order valence-corrected chi connectivity index (χ3v) is 6.49. The zero-order valence-corrected chi connectivity index (χ0v) is 21.1. The minimum Gasteiger partial charge on any atom is -0.491 e. The number of aryl methyl sites for hydroxylation is 2. The second kappa shape index (κ2) is 9.09. The highest BCUT2D eigenvalue weighted by molar-refractivity contribution is 5.84. The second-order valence-corrected chi connectivity index (χ2v) is 9.46. The lowest BCUT2D eigenvalue weighted by Gasteiger charge is -2.26. The topological polar surface area (TPSA) is 105 Å². The first-order chi connectivity index (χ1) is 16.8. The summed E-state index contributed by atoms with van der Waals surface area (Å²) in [5.41, 5.74) is 14.6. The molecule has 4 N–H and O–H groups in total. The van der Waals surface area contributed by atoms with Crippen molar-refractivity contribution in [2.75, 3.05) is 35.6 Å². The number of hydrogen-bond acceptors (Lipinski definition) is 7. The lowest BCUT2D eigenvalue weighted by Crippen LogP contribution is -2.28. The number of nitrogen functional groups attached to an aromatic ring is 1. The molecule has 35 heavy (non-hydrogen) atoms. The number of hydrogen-bond donors (Lipinski definition) is 3. The Kier molecular flexibility index (Phi) is 5.96. The van der Waals surface area contributed by atoms with Crippen molar-refractivity contribution in [3.63, 3.8) is 0 Å². The van der Waals surface area contributed by atoms with E-state index in [1.807, 2.05) is 6.92 Å². The lowest BCUT2D eigenvalue weighted by molar-refractivity contribution is 0.329. The van der Waals surface area contributed by atoms with Crippen molar-refractivity contribution in [1.82, 2.24) is 19.9 Å². The molecule has 5 rings (SSSR count). The van der Waals surface area contributed by atoms with Gasteiger partial charge < -0.3 is 25.7 Å². The molecular formula is C27H33N7O. The quantitative estimate of drug-likeness (QED) is 0.369. The highest BCUT2D eigenvalue weighted by atomic mass is 16.5. The van der Waals surface area contributed by atoms with Crippen LogP contribution in [0.5, 0.6) is 5.75 Å². The lowest BCUT2D eigenvalue weighted by atomic mass is 9.98. The number of aromatic amines is 1. The summed E-state index contributed by atoms with van der Waals surface area (Å²) in [5.74, 6) is 3.25. The van der Waals surface area contributed by atoms with Crippen molar-refractivity contribution in [1.29, 1.82) is 0 Å². The van der Waals surface area contributed by atoms with Gasteiger partial charge in [-0.15, -0.1) is 0 Å². The molecule has 0 saturated carbocycles. The molecule has 0 aliphatic carbocycles. The zero-order valence-electron chi connectivity index (χ0n) is 21.1. The van der Waals surface area contributed by atoms with E-state index in [2.05, 4.69) is 88.2 Å². The maximum Gasteiger partial charge on any atom is 0.222 e. The fraction of sp³-hybridized carbons (Fsp3) is 0.370. The number of nitrogens with one attached hydrogen (secondary N) is 2. The van der Waals surface area contributed by atoms with E-state index in [0.29, 0.717) is 19.1 Å². The predicted octanol–water partition coefficient (Wildman–Crippen LogP) is 5.17. The molecule has 182 valence electrons. The van der Waals surface area contributed by atoms with Crippen molar-refractivity contribution >= 4 is 28.7 Å². The number of benzene rings is 2. The molecule has 1 aliphatic rings. The number of ether oxygens (including phenoxy) is 1. The molecule has 3 heterocycles. The molecule has 4 aromatic rings. The van der Waals surface area contributed by atoms with Crippen LogP contribution in [0.2, 0.25) is 0 Å². The number of anilines is 3. The van der Waals surface area contributed by atoms with Gasteiger partial charge in [-0.3, -0.25) is 0 Å². The third-order valence-electron chi connectivity index (χ3n) is 6.49. The molecule has 8 heteroatoms. The van der Waals surface area contributed by atoms with Gasteiger partial charge in [-0.25, -0.2) is 9.97 Å². The number of nitrogens with zero attached hydrogens (tertiary/aromatic N) is 4. The van der Waals surface area contributed by atoms with E-state index in [1.165, 1.54) is 0 Å². The summed E-state index contributed by atoms with van der Waals surface area (Å²) in [4.78, 5) is 19.3. The van der Waals surface area contributed by atoms with Crippen molar-refractivity contribution < 1.29 is 4.74 Å². The molecule has 0 bridgehead atoms. The van der Waals surface area contributed by atoms with E-state index in [4.69, 9.17) is 10.5 Å². The smallest absolute Gasteiger partial charge is 0.222 e. The molecule has 0 amide bonds. The number of imidazole rings is 1. The maximum absolute atomic E-state index is 6.24. The van der Waals surface area contributed by atoms with Crippen LogP contribution in [0.25, 0.3) is 22.2 Å². The SMILES string of the molecule is CCNc1nc2ccc(-c3cc(C)c4c(c3)CN(c3nc(N)nc(C)c3C(C)C)CCO4)cc2[nH]1.